The molecule has 0 rings (SSSR count). The average Bonchev–Trinajstić information content (AvgIpc) is 1.84. The van der Waals surface area contributed by atoms with Crippen LogP contribution in [0, 0.1) is 16.7 Å². The van der Waals surface area contributed by atoms with Crippen LogP contribution >= 0.6 is 0 Å². The van der Waals surface area contributed by atoms with Crippen LogP contribution in [0.3, 0.4) is 0 Å². The number of nitrogens with zero attached hydrogens (tertiary/aromatic N) is 1. The first kappa shape index (κ1) is 11.2. The van der Waals surface area contributed by atoms with Crippen molar-refractivity contribution in [2.45, 2.75) is 47.0 Å². The number of rotatable bonds is 3. The fourth-order valence-corrected chi connectivity index (χ4v) is 1.26. The standard InChI is InChI=1S/C11H19N/c1-10(7-5-6-8-12)9-11(2,3)4/h9H,5-7H2,1-4H3/b10-9+. The van der Waals surface area contributed by atoms with Crippen molar-refractivity contribution >= 4 is 0 Å². The minimum absolute atomic E-state index is 0.275. The van der Waals surface area contributed by atoms with Crippen molar-refractivity contribution in [2.75, 3.05) is 0 Å². The van der Waals surface area contributed by atoms with Gasteiger partial charge >= 0.3 is 0 Å². The predicted octanol–water partition coefficient (Wildman–Crippen LogP) is 3.67. The average molecular weight is 165 g/mol. The SMILES string of the molecule is C/C(=C\C(C)(C)C)CCCC#N. The summed E-state index contributed by atoms with van der Waals surface area (Å²) in [4.78, 5) is 0. The highest BCUT2D eigenvalue weighted by molar-refractivity contribution is 5.03. The molecule has 0 fully saturated rings. The number of allylic oxidation sites excluding steroid dienone is 2. The van der Waals surface area contributed by atoms with Crippen LogP contribution < -0.4 is 0 Å². The van der Waals surface area contributed by atoms with Crippen LogP contribution in [0.1, 0.15) is 47.0 Å². The molecule has 1 heteroatoms. The van der Waals surface area contributed by atoms with E-state index in [4.69, 9.17) is 5.26 Å². The van der Waals surface area contributed by atoms with Crippen molar-refractivity contribution in [3.8, 4) is 6.07 Å². The number of hydrogen-bond donors (Lipinski definition) is 0. The lowest BCUT2D eigenvalue weighted by Crippen LogP contribution is -2.00. The Morgan fingerprint density at radius 2 is 2.00 bits per heavy atom. The molecule has 12 heavy (non-hydrogen) atoms. The van der Waals surface area contributed by atoms with Gasteiger partial charge in [0, 0.05) is 6.42 Å². The molecule has 0 aromatic heterocycles. The van der Waals surface area contributed by atoms with Gasteiger partial charge in [0.05, 0.1) is 6.07 Å². The summed E-state index contributed by atoms with van der Waals surface area (Å²) in [5.41, 5.74) is 1.68. The highest BCUT2D eigenvalue weighted by Crippen LogP contribution is 2.19. The van der Waals surface area contributed by atoms with Crippen LogP contribution in [0.25, 0.3) is 0 Å². The van der Waals surface area contributed by atoms with Crippen LogP contribution in [-0.2, 0) is 0 Å². The molecule has 0 atom stereocenters. The molecule has 0 aromatic rings. The largest absolute Gasteiger partial charge is 0.198 e. The maximum atomic E-state index is 8.34. The van der Waals surface area contributed by atoms with E-state index in [-0.39, 0.29) is 5.41 Å². The van der Waals surface area contributed by atoms with E-state index in [1.165, 1.54) is 5.57 Å². The van der Waals surface area contributed by atoms with Crippen molar-refractivity contribution < 1.29 is 0 Å². The molecule has 0 saturated heterocycles. The lowest BCUT2D eigenvalue weighted by atomic mass is 9.92. The zero-order chi connectivity index (χ0) is 9.61. The molecule has 0 amide bonds. The van der Waals surface area contributed by atoms with E-state index >= 15 is 0 Å². The normalized spacial score (nSPS) is 12.8. The third-order valence-corrected chi connectivity index (χ3v) is 1.54. The molecule has 0 spiro atoms. The Labute approximate surface area is 76.1 Å². The van der Waals surface area contributed by atoms with Gasteiger partial charge in [0.2, 0.25) is 0 Å². The molecule has 68 valence electrons. The van der Waals surface area contributed by atoms with Gasteiger partial charge in [-0.15, -0.1) is 0 Å². The minimum atomic E-state index is 0.275. The Morgan fingerprint density at radius 1 is 1.42 bits per heavy atom. The third-order valence-electron chi connectivity index (χ3n) is 1.54. The first-order valence-corrected chi connectivity index (χ1v) is 4.51. The van der Waals surface area contributed by atoms with Gasteiger partial charge in [-0.1, -0.05) is 32.4 Å². The molecule has 0 aromatic carbocycles. The monoisotopic (exact) mass is 165 g/mol. The van der Waals surface area contributed by atoms with Crippen molar-refractivity contribution in [2.24, 2.45) is 5.41 Å². The van der Waals surface area contributed by atoms with Gasteiger partial charge < -0.3 is 0 Å². The molecule has 0 aliphatic rings. The number of hydrogen-bond acceptors (Lipinski definition) is 1. The van der Waals surface area contributed by atoms with E-state index in [0.717, 1.165) is 12.8 Å². The molecule has 1 nitrogen and oxygen atoms in total. The Bertz CT molecular complexity index is 188. The fourth-order valence-electron chi connectivity index (χ4n) is 1.26. The molecule has 0 heterocycles. The maximum absolute atomic E-state index is 8.34. The Hall–Kier alpha value is -0.770. The third kappa shape index (κ3) is 7.34. The summed E-state index contributed by atoms with van der Waals surface area (Å²) in [6.07, 6.45) is 5.01. The van der Waals surface area contributed by atoms with Crippen molar-refractivity contribution in [1.29, 1.82) is 5.26 Å². The summed E-state index contributed by atoms with van der Waals surface area (Å²) >= 11 is 0. The van der Waals surface area contributed by atoms with E-state index in [2.05, 4.69) is 39.8 Å². The Balaban J connectivity index is 3.80. The topological polar surface area (TPSA) is 23.8 Å². The minimum Gasteiger partial charge on any atom is -0.198 e. The van der Waals surface area contributed by atoms with Gasteiger partial charge in [0.1, 0.15) is 0 Å². The first-order chi connectivity index (χ1) is 5.45. The van der Waals surface area contributed by atoms with E-state index in [0.29, 0.717) is 6.42 Å². The van der Waals surface area contributed by atoms with Crippen LogP contribution in [0.5, 0.6) is 0 Å². The van der Waals surface area contributed by atoms with Crippen LogP contribution in [0.2, 0.25) is 0 Å². The summed E-state index contributed by atoms with van der Waals surface area (Å²) < 4.78 is 0. The molecule has 0 saturated carbocycles. The van der Waals surface area contributed by atoms with Crippen molar-refractivity contribution in [1.82, 2.24) is 0 Å². The highest BCUT2D eigenvalue weighted by Gasteiger charge is 2.05. The van der Waals surface area contributed by atoms with Crippen molar-refractivity contribution in [3.63, 3.8) is 0 Å². The van der Waals surface area contributed by atoms with Gasteiger partial charge in [-0.2, -0.15) is 5.26 Å². The Kier molecular flexibility index (Phi) is 4.66. The van der Waals surface area contributed by atoms with Crippen LogP contribution in [-0.4, -0.2) is 0 Å². The van der Waals surface area contributed by atoms with E-state index in [1.807, 2.05) is 0 Å². The molecule has 0 unspecified atom stereocenters. The van der Waals surface area contributed by atoms with Crippen LogP contribution in [0.15, 0.2) is 11.6 Å². The molecule has 0 N–H and O–H groups in total. The lowest BCUT2D eigenvalue weighted by molar-refractivity contribution is 0.536. The zero-order valence-electron chi connectivity index (χ0n) is 8.65. The number of unbranched alkanes of at least 4 members (excludes halogenated alkanes) is 1. The fraction of sp³-hybridized carbons (Fsp3) is 0.727. The Morgan fingerprint density at radius 3 is 2.42 bits per heavy atom. The van der Waals surface area contributed by atoms with E-state index in [9.17, 15) is 0 Å². The highest BCUT2D eigenvalue weighted by atomic mass is 14.2. The summed E-state index contributed by atoms with van der Waals surface area (Å²) in [6.45, 7) is 8.73. The van der Waals surface area contributed by atoms with Crippen molar-refractivity contribution in [3.05, 3.63) is 11.6 Å². The smallest absolute Gasteiger partial charge is 0.0621 e. The van der Waals surface area contributed by atoms with Gasteiger partial charge in [0.25, 0.3) is 0 Å². The maximum Gasteiger partial charge on any atom is 0.0621 e. The van der Waals surface area contributed by atoms with Gasteiger partial charge in [-0.05, 0) is 25.2 Å². The molecule has 0 bridgehead atoms. The summed E-state index contributed by atoms with van der Waals surface area (Å²) in [6, 6.07) is 2.16. The second kappa shape index (κ2) is 4.98. The lowest BCUT2D eigenvalue weighted by Gasteiger charge is -2.13. The number of nitriles is 1. The zero-order valence-corrected chi connectivity index (χ0v) is 8.65. The van der Waals surface area contributed by atoms with Gasteiger partial charge in [0.15, 0.2) is 0 Å². The molecular weight excluding hydrogens is 146 g/mol. The quantitative estimate of drug-likeness (QED) is 0.462. The van der Waals surface area contributed by atoms with Gasteiger partial charge in [-0.25, -0.2) is 0 Å². The van der Waals surface area contributed by atoms with Gasteiger partial charge in [-0.3, -0.25) is 0 Å². The van der Waals surface area contributed by atoms with Crippen LogP contribution in [0.4, 0.5) is 0 Å². The second-order valence-corrected chi connectivity index (χ2v) is 4.37. The summed E-state index contributed by atoms with van der Waals surface area (Å²) in [5.74, 6) is 0. The molecular formula is C11H19N. The summed E-state index contributed by atoms with van der Waals surface area (Å²) in [7, 11) is 0. The second-order valence-electron chi connectivity index (χ2n) is 4.37. The molecule has 0 aliphatic heterocycles. The predicted molar refractivity (Wildman–Crippen MR) is 52.7 cm³/mol. The van der Waals surface area contributed by atoms with E-state index < -0.39 is 0 Å². The molecule has 0 radical (unpaired) electrons. The van der Waals surface area contributed by atoms with E-state index in [1.54, 1.807) is 0 Å². The molecule has 0 aliphatic carbocycles. The first-order valence-electron chi connectivity index (χ1n) is 4.51. The summed E-state index contributed by atoms with van der Waals surface area (Å²) in [5, 5.41) is 8.34.